The zero-order valence-corrected chi connectivity index (χ0v) is 12.0. The number of anilines is 1. The van der Waals surface area contributed by atoms with Gasteiger partial charge in [-0.3, -0.25) is 4.79 Å². The number of para-hydroxylation sites is 1. The molecule has 1 aliphatic rings. The molecule has 1 unspecified atom stereocenters. The predicted molar refractivity (Wildman–Crippen MR) is 74.8 cm³/mol. The highest BCUT2D eigenvalue weighted by molar-refractivity contribution is 6.05. The number of ether oxygens (including phenoxy) is 2. The van der Waals surface area contributed by atoms with Gasteiger partial charge in [0.1, 0.15) is 5.60 Å². The standard InChI is InChI=1S/C15H19NO4/c1-15(9-6-10-20-15)14(18)16(2)12-8-5-4-7-11(12)13(17)19-3/h4-5,7-8H,6,9-10H2,1-3H3. The highest BCUT2D eigenvalue weighted by Gasteiger charge is 2.40. The van der Waals surface area contributed by atoms with Crippen molar-refractivity contribution in [3.05, 3.63) is 29.8 Å². The summed E-state index contributed by atoms with van der Waals surface area (Å²) in [6, 6.07) is 6.89. The largest absolute Gasteiger partial charge is 0.465 e. The van der Waals surface area contributed by atoms with E-state index in [2.05, 4.69) is 0 Å². The highest BCUT2D eigenvalue weighted by atomic mass is 16.5. The van der Waals surface area contributed by atoms with Crippen LogP contribution in [-0.4, -0.2) is 38.2 Å². The first kappa shape index (κ1) is 14.5. The Balaban J connectivity index is 2.31. The van der Waals surface area contributed by atoms with Crippen molar-refractivity contribution in [2.24, 2.45) is 0 Å². The SMILES string of the molecule is COC(=O)c1ccccc1N(C)C(=O)C1(C)CCCO1. The van der Waals surface area contributed by atoms with Gasteiger partial charge in [-0.25, -0.2) is 4.79 Å². The number of likely N-dealkylation sites (N-methyl/N-ethyl adjacent to an activating group) is 1. The van der Waals surface area contributed by atoms with Gasteiger partial charge in [0.2, 0.25) is 0 Å². The molecule has 0 aromatic heterocycles. The third-order valence-corrected chi connectivity index (χ3v) is 3.65. The summed E-state index contributed by atoms with van der Waals surface area (Å²) < 4.78 is 10.3. The first-order valence-electron chi connectivity index (χ1n) is 6.59. The summed E-state index contributed by atoms with van der Waals surface area (Å²) in [5, 5.41) is 0. The number of rotatable bonds is 3. The number of carbonyl (C=O) groups excluding carboxylic acids is 2. The summed E-state index contributed by atoms with van der Waals surface area (Å²) in [6.07, 6.45) is 1.56. The summed E-state index contributed by atoms with van der Waals surface area (Å²) in [5.74, 6) is -0.607. The fourth-order valence-electron chi connectivity index (χ4n) is 2.46. The van der Waals surface area contributed by atoms with Gasteiger partial charge in [0.25, 0.3) is 5.91 Å². The Morgan fingerprint density at radius 1 is 1.35 bits per heavy atom. The van der Waals surface area contributed by atoms with Crippen molar-refractivity contribution in [1.82, 2.24) is 0 Å². The molecule has 0 bridgehead atoms. The van der Waals surface area contributed by atoms with Crippen molar-refractivity contribution in [3.8, 4) is 0 Å². The maximum atomic E-state index is 12.6. The fourth-order valence-corrected chi connectivity index (χ4v) is 2.46. The number of esters is 1. The molecule has 20 heavy (non-hydrogen) atoms. The molecule has 1 amide bonds. The summed E-state index contributed by atoms with van der Waals surface area (Å²) in [5.41, 5.74) is 0.0892. The second kappa shape index (κ2) is 5.63. The Hall–Kier alpha value is -1.88. The predicted octanol–water partition coefficient (Wildman–Crippen LogP) is 2.01. The quantitative estimate of drug-likeness (QED) is 0.793. The first-order valence-corrected chi connectivity index (χ1v) is 6.59. The molecule has 1 aromatic rings. The molecule has 108 valence electrons. The van der Waals surface area contributed by atoms with Gasteiger partial charge in [-0.05, 0) is 31.9 Å². The summed E-state index contributed by atoms with van der Waals surface area (Å²) in [7, 11) is 2.97. The van der Waals surface area contributed by atoms with Gasteiger partial charge in [0, 0.05) is 13.7 Å². The van der Waals surface area contributed by atoms with Gasteiger partial charge in [-0.15, -0.1) is 0 Å². The van der Waals surface area contributed by atoms with Gasteiger partial charge in [0.05, 0.1) is 18.4 Å². The van der Waals surface area contributed by atoms with Gasteiger partial charge in [-0.2, -0.15) is 0 Å². The highest BCUT2D eigenvalue weighted by Crippen LogP contribution is 2.30. The zero-order chi connectivity index (χ0) is 14.8. The molecule has 0 N–H and O–H groups in total. The zero-order valence-electron chi connectivity index (χ0n) is 12.0. The molecule has 5 nitrogen and oxygen atoms in total. The molecule has 1 saturated heterocycles. The van der Waals surface area contributed by atoms with Gasteiger partial charge < -0.3 is 14.4 Å². The molecule has 1 fully saturated rings. The number of carbonyl (C=O) groups is 2. The van der Waals surface area contributed by atoms with Gasteiger partial charge >= 0.3 is 5.97 Å². The average Bonchev–Trinajstić information content (AvgIpc) is 2.93. The first-order chi connectivity index (χ1) is 9.49. The van der Waals surface area contributed by atoms with Crippen molar-refractivity contribution in [2.75, 3.05) is 25.7 Å². The van der Waals surface area contributed by atoms with Crippen molar-refractivity contribution < 1.29 is 19.1 Å². The van der Waals surface area contributed by atoms with Crippen molar-refractivity contribution in [2.45, 2.75) is 25.4 Å². The van der Waals surface area contributed by atoms with Gasteiger partial charge in [0.15, 0.2) is 0 Å². The minimum absolute atomic E-state index is 0.147. The lowest BCUT2D eigenvalue weighted by Crippen LogP contribution is -2.45. The minimum atomic E-state index is -0.808. The smallest absolute Gasteiger partial charge is 0.339 e. The molecule has 5 heteroatoms. The fraction of sp³-hybridized carbons (Fsp3) is 0.467. The van der Waals surface area contributed by atoms with Crippen LogP contribution in [0.3, 0.4) is 0 Å². The van der Waals surface area contributed by atoms with E-state index in [0.717, 1.165) is 6.42 Å². The molecule has 1 heterocycles. The molecular weight excluding hydrogens is 258 g/mol. The second-order valence-electron chi connectivity index (χ2n) is 5.06. The van der Waals surface area contributed by atoms with E-state index in [1.54, 1.807) is 38.2 Å². The van der Waals surface area contributed by atoms with Crippen LogP contribution in [0.2, 0.25) is 0 Å². The monoisotopic (exact) mass is 277 g/mol. The molecule has 0 aliphatic carbocycles. The van der Waals surface area contributed by atoms with Crippen LogP contribution in [0.1, 0.15) is 30.1 Å². The van der Waals surface area contributed by atoms with E-state index in [1.165, 1.54) is 12.0 Å². The van der Waals surface area contributed by atoms with Crippen LogP contribution in [0.5, 0.6) is 0 Å². The molecule has 0 spiro atoms. The lowest BCUT2D eigenvalue weighted by atomic mass is 10.0. The minimum Gasteiger partial charge on any atom is -0.465 e. The van der Waals surface area contributed by atoms with E-state index in [1.807, 2.05) is 0 Å². The molecule has 0 radical (unpaired) electrons. The maximum absolute atomic E-state index is 12.6. The lowest BCUT2D eigenvalue weighted by Gasteiger charge is -2.29. The van der Waals surface area contributed by atoms with Crippen molar-refractivity contribution in [1.29, 1.82) is 0 Å². The van der Waals surface area contributed by atoms with Crippen LogP contribution in [0.15, 0.2) is 24.3 Å². The Labute approximate surface area is 118 Å². The van der Waals surface area contributed by atoms with E-state index in [-0.39, 0.29) is 5.91 Å². The van der Waals surface area contributed by atoms with E-state index in [4.69, 9.17) is 9.47 Å². The second-order valence-corrected chi connectivity index (χ2v) is 5.06. The molecule has 1 aliphatic heterocycles. The van der Waals surface area contributed by atoms with Crippen molar-refractivity contribution >= 4 is 17.6 Å². The van der Waals surface area contributed by atoms with Crippen LogP contribution in [0, 0.1) is 0 Å². The lowest BCUT2D eigenvalue weighted by molar-refractivity contribution is -0.136. The number of hydrogen-bond donors (Lipinski definition) is 0. The van der Waals surface area contributed by atoms with Crippen LogP contribution in [0.25, 0.3) is 0 Å². The van der Waals surface area contributed by atoms with Crippen LogP contribution in [0.4, 0.5) is 5.69 Å². The third-order valence-electron chi connectivity index (χ3n) is 3.65. The summed E-state index contributed by atoms with van der Waals surface area (Å²) in [6.45, 7) is 2.38. The number of methoxy groups -OCH3 is 1. The third kappa shape index (κ3) is 2.54. The van der Waals surface area contributed by atoms with Crippen LogP contribution >= 0.6 is 0 Å². The average molecular weight is 277 g/mol. The Morgan fingerprint density at radius 3 is 2.65 bits per heavy atom. The number of amides is 1. The van der Waals surface area contributed by atoms with E-state index < -0.39 is 11.6 Å². The maximum Gasteiger partial charge on any atom is 0.339 e. The van der Waals surface area contributed by atoms with Crippen LogP contribution < -0.4 is 4.90 Å². The Morgan fingerprint density at radius 2 is 2.05 bits per heavy atom. The normalized spacial score (nSPS) is 21.6. The molecule has 1 atom stereocenters. The number of benzene rings is 1. The summed E-state index contributed by atoms with van der Waals surface area (Å²) in [4.78, 5) is 25.8. The summed E-state index contributed by atoms with van der Waals surface area (Å²) >= 11 is 0. The number of nitrogens with zero attached hydrogens (tertiary/aromatic N) is 1. The Bertz CT molecular complexity index is 520. The topological polar surface area (TPSA) is 55.8 Å². The Kier molecular flexibility index (Phi) is 4.09. The molecule has 0 saturated carbocycles. The molecular formula is C15H19NO4. The van der Waals surface area contributed by atoms with E-state index >= 15 is 0 Å². The van der Waals surface area contributed by atoms with E-state index in [0.29, 0.717) is 24.3 Å². The molecule has 2 rings (SSSR count). The number of hydrogen-bond acceptors (Lipinski definition) is 4. The van der Waals surface area contributed by atoms with Gasteiger partial charge in [-0.1, -0.05) is 12.1 Å². The van der Waals surface area contributed by atoms with Crippen LogP contribution in [-0.2, 0) is 14.3 Å². The molecule has 1 aromatic carbocycles. The van der Waals surface area contributed by atoms with E-state index in [9.17, 15) is 9.59 Å². The van der Waals surface area contributed by atoms with Crippen molar-refractivity contribution in [3.63, 3.8) is 0 Å².